The molecular weight excluding hydrogens is 435 g/mol. The van der Waals surface area contributed by atoms with Crippen molar-refractivity contribution in [2.75, 3.05) is 7.11 Å². The number of amides is 1. The topological polar surface area (TPSA) is 119 Å². The van der Waals surface area contributed by atoms with Gasteiger partial charge in [0.1, 0.15) is 7.11 Å². The molecule has 5 rings (SSSR count). The van der Waals surface area contributed by atoms with Crippen LogP contribution in [0.1, 0.15) is 40.4 Å². The Bertz CT molecular complexity index is 1270. The summed E-state index contributed by atoms with van der Waals surface area (Å²) in [5.74, 6) is -2.69. The van der Waals surface area contributed by atoms with E-state index in [1.807, 2.05) is 12.1 Å². The molecule has 162 valence electrons. The van der Waals surface area contributed by atoms with Crippen LogP contribution in [0.5, 0.6) is 0 Å². The molecule has 1 fully saturated rings. The van der Waals surface area contributed by atoms with Gasteiger partial charge in [0.15, 0.2) is 5.78 Å². The number of carbonyl (C=O) groups excluding carboxylic acids is 3. The van der Waals surface area contributed by atoms with Gasteiger partial charge in [0.2, 0.25) is 5.91 Å². The number of carboxylic acid groups (broad SMARTS) is 1. The summed E-state index contributed by atoms with van der Waals surface area (Å²) < 4.78 is 0. The van der Waals surface area contributed by atoms with Crippen molar-refractivity contribution in [3.63, 3.8) is 0 Å². The van der Waals surface area contributed by atoms with Crippen LogP contribution < -0.4 is 34.7 Å². The summed E-state index contributed by atoms with van der Waals surface area (Å²) in [4.78, 5) is 43.6. The maximum Gasteiger partial charge on any atom is 1.00 e. The Labute approximate surface area is 211 Å². The molecule has 0 radical (unpaired) electrons. The SMILES string of the molecule is CON=Cc1cc(C2=C(C(=O)[O-])N3C(=O)[C@H]([C@@H](C)O)[C@H]3C2)cc2c1C(=O)c1ccccc1-2.[Na+]. The quantitative estimate of drug-likeness (QED) is 0.205. The van der Waals surface area contributed by atoms with Crippen LogP contribution in [0.15, 0.2) is 47.3 Å². The smallest absolute Gasteiger partial charge is 0.543 e. The fourth-order valence-corrected chi connectivity index (χ4v) is 5.08. The third kappa shape index (κ3) is 3.36. The fourth-order valence-electron chi connectivity index (χ4n) is 5.08. The summed E-state index contributed by atoms with van der Waals surface area (Å²) in [5, 5.41) is 25.8. The number of benzene rings is 2. The van der Waals surface area contributed by atoms with Crippen LogP contribution in [0.25, 0.3) is 16.7 Å². The molecule has 3 aliphatic rings. The second-order valence-electron chi connectivity index (χ2n) is 8.14. The van der Waals surface area contributed by atoms with Crippen LogP contribution >= 0.6 is 0 Å². The number of ketones is 1. The number of aliphatic hydroxyl groups is 1. The molecule has 0 bridgehead atoms. The average Bonchev–Trinajstić information content (AvgIpc) is 3.25. The van der Waals surface area contributed by atoms with Gasteiger partial charge >= 0.3 is 29.6 Å². The van der Waals surface area contributed by atoms with Crippen molar-refractivity contribution in [3.05, 3.63) is 64.3 Å². The molecule has 1 saturated heterocycles. The predicted octanol–water partition coefficient (Wildman–Crippen LogP) is -2.05. The van der Waals surface area contributed by atoms with Crippen molar-refractivity contribution in [3.8, 4) is 11.1 Å². The molecule has 2 heterocycles. The summed E-state index contributed by atoms with van der Waals surface area (Å²) in [5.41, 5.74) is 3.71. The number of carboxylic acids is 1. The van der Waals surface area contributed by atoms with Gasteiger partial charge in [-0.3, -0.25) is 9.59 Å². The van der Waals surface area contributed by atoms with E-state index in [2.05, 4.69) is 5.16 Å². The molecule has 0 unspecified atom stereocenters. The molecule has 9 heteroatoms. The number of oxime groups is 1. The Balaban J connectivity index is 0.00000259. The average molecular weight is 454 g/mol. The first-order valence-corrected chi connectivity index (χ1v) is 10.2. The molecule has 2 aromatic rings. The third-order valence-electron chi connectivity index (χ3n) is 6.43. The van der Waals surface area contributed by atoms with Crippen LogP contribution in [0.2, 0.25) is 0 Å². The Morgan fingerprint density at radius 3 is 2.58 bits per heavy atom. The van der Waals surface area contributed by atoms with Crippen molar-refractivity contribution >= 4 is 29.4 Å². The van der Waals surface area contributed by atoms with E-state index >= 15 is 0 Å². The molecule has 0 aromatic heterocycles. The second-order valence-corrected chi connectivity index (χ2v) is 8.14. The van der Waals surface area contributed by atoms with Crippen molar-refractivity contribution in [1.82, 2.24) is 4.90 Å². The minimum Gasteiger partial charge on any atom is -0.543 e. The normalized spacial score (nSPS) is 21.4. The van der Waals surface area contributed by atoms with E-state index in [0.29, 0.717) is 33.4 Å². The number of hydrogen-bond acceptors (Lipinski definition) is 7. The Morgan fingerprint density at radius 2 is 1.94 bits per heavy atom. The number of hydrogen-bond donors (Lipinski definition) is 1. The number of rotatable bonds is 5. The van der Waals surface area contributed by atoms with E-state index in [1.54, 1.807) is 24.3 Å². The molecule has 3 atom stereocenters. The van der Waals surface area contributed by atoms with Crippen LogP contribution in [-0.4, -0.2) is 53.1 Å². The van der Waals surface area contributed by atoms with Gasteiger partial charge in [0.05, 0.1) is 35.9 Å². The summed E-state index contributed by atoms with van der Waals surface area (Å²) >= 11 is 0. The standard InChI is InChI=1S/C24H20N2O6.Na/c1-11(27)19-18-9-16(21(24(30)31)26(18)23(19)29)12-7-13(10-25-32-2)20-17(8-12)14-5-3-4-6-15(14)22(20)28;/h3-8,10-11,18-19,27H,9H2,1-2H3,(H,30,31);/q;+1/p-1/t11-,18-,19-;/m1./s1. The Hall–Kier alpha value is -2.78. The number of carbonyl (C=O) groups is 3. The summed E-state index contributed by atoms with van der Waals surface area (Å²) in [6.45, 7) is 1.52. The number of fused-ring (bicyclic) bond motifs is 4. The zero-order valence-corrected chi connectivity index (χ0v) is 20.4. The molecule has 8 nitrogen and oxygen atoms in total. The number of β-lactam (4-membered cyclic amide) rings is 1. The summed E-state index contributed by atoms with van der Waals surface area (Å²) in [6, 6.07) is 10.2. The largest absolute Gasteiger partial charge is 1.00 e. The van der Waals surface area contributed by atoms with E-state index < -0.39 is 29.9 Å². The Morgan fingerprint density at radius 1 is 1.24 bits per heavy atom. The number of nitrogens with zero attached hydrogens (tertiary/aromatic N) is 2. The molecule has 2 aromatic carbocycles. The minimum atomic E-state index is -1.45. The van der Waals surface area contributed by atoms with Crippen molar-refractivity contribution in [2.45, 2.75) is 25.5 Å². The first-order chi connectivity index (χ1) is 15.3. The maximum absolute atomic E-state index is 13.1. The first kappa shape index (κ1) is 23.4. The fraction of sp³-hybridized carbons (Fsp3) is 0.250. The van der Waals surface area contributed by atoms with Gasteiger partial charge in [-0.15, -0.1) is 0 Å². The zero-order valence-electron chi connectivity index (χ0n) is 18.4. The van der Waals surface area contributed by atoms with Crippen molar-refractivity contribution in [1.29, 1.82) is 0 Å². The number of aliphatic carboxylic acids is 1. The van der Waals surface area contributed by atoms with Crippen LogP contribution in [0.3, 0.4) is 0 Å². The van der Waals surface area contributed by atoms with Crippen LogP contribution in [-0.2, 0) is 14.4 Å². The summed E-state index contributed by atoms with van der Waals surface area (Å²) in [6.07, 6.45) is 0.791. The monoisotopic (exact) mass is 454 g/mol. The molecule has 1 N–H and O–H groups in total. The predicted molar refractivity (Wildman–Crippen MR) is 112 cm³/mol. The third-order valence-corrected chi connectivity index (χ3v) is 6.43. The molecular formula is C24H19N2NaO6. The molecule has 1 amide bonds. The van der Waals surface area contributed by atoms with E-state index in [1.165, 1.54) is 25.1 Å². The van der Waals surface area contributed by atoms with Gasteiger partial charge in [-0.1, -0.05) is 29.4 Å². The van der Waals surface area contributed by atoms with Gasteiger partial charge in [-0.2, -0.15) is 0 Å². The molecule has 33 heavy (non-hydrogen) atoms. The molecule has 1 aliphatic carbocycles. The molecule has 0 saturated carbocycles. The van der Waals surface area contributed by atoms with E-state index in [9.17, 15) is 24.6 Å². The Kier molecular flexibility index (Phi) is 6.05. The van der Waals surface area contributed by atoms with Crippen molar-refractivity contribution in [2.24, 2.45) is 11.1 Å². The first-order valence-electron chi connectivity index (χ1n) is 10.2. The van der Waals surface area contributed by atoms with Gasteiger partial charge in [-0.05, 0) is 47.7 Å². The van der Waals surface area contributed by atoms with E-state index in [4.69, 9.17) is 4.84 Å². The minimum absolute atomic E-state index is 0. The zero-order chi connectivity index (χ0) is 22.7. The summed E-state index contributed by atoms with van der Waals surface area (Å²) in [7, 11) is 1.39. The van der Waals surface area contributed by atoms with Gasteiger partial charge in [-0.25, -0.2) is 0 Å². The van der Waals surface area contributed by atoms with Crippen LogP contribution in [0, 0.1) is 5.92 Å². The van der Waals surface area contributed by atoms with Gasteiger partial charge < -0.3 is 24.7 Å². The van der Waals surface area contributed by atoms with Gasteiger partial charge in [0.25, 0.3) is 0 Å². The second kappa shape index (κ2) is 8.53. The van der Waals surface area contributed by atoms with Gasteiger partial charge in [0, 0.05) is 16.7 Å². The molecule has 2 aliphatic heterocycles. The number of aliphatic hydroxyl groups excluding tert-OH is 1. The van der Waals surface area contributed by atoms with Crippen molar-refractivity contribution < 1.29 is 59.0 Å². The van der Waals surface area contributed by atoms with Crippen LogP contribution in [0.4, 0.5) is 0 Å². The maximum atomic E-state index is 13.1. The molecule has 0 spiro atoms. The van der Waals surface area contributed by atoms with E-state index in [-0.39, 0.29) is 47.5 Å². The van der Waals surface area contributed by atoms with E-state index in [0.717, 1.165) is 5.56 Å².